The Morgan fingerprint density at radius 2 is 1.83 bits per heavy atom. The van der Waals surface area contributed by atoms with Crippen LogP contribution in [0.5, 0.6) is 5.75 Å². The molecule has 1 amide bonds. The van der Waals surface area contributed by atoms with Gasteiger partial charge in [-0.3, -0.25) is 4.79 Å². The van der Waals surface area contributed by atoms with E-state index in [0.717, 1.165) is 32.1 Å². The second kappa shape index (κ2) is 7.97. The Bertz CT molecular complexity index is 529. The fraction of sp³-hybridized carbons (Fsp3) is 0.529. The van der Waals surface area contributed by atoms with Gasteiger partial charge in [-0.1, -0.05) is 19.3 Å². The molecule has 0 heterocycles. The second-order valence-electron chi connectivity index (χ2n) is 5.65. The fourth-order valence-corrected chi connectivity index (χ4v) is 2.86. The van der Waals surface area contributed by atoms with Crippen LogP contribution >= 0.6 is 0 Å². The Hall–Kier alpha value is -2.08. The van der Waals surface area contributed by atoms with E-state index in [2.05, 4.69) is 5.32 Å². The zero-order valence-corrected chi connectivity index (χ0v) is 13.3. The molecule has 1 aromatic rings. The van der Waals surface area contributed by atoms with Crippen LogP contribution in [0.15, 0.2) is 24.3 Å². The van der Waals surface area contributed by atoms with Gasteiger partial charge in [-0.05, 0) is 44.0 Å². The Morgan fingerprint density at radius 1 is 1.17 bits per heavy atom. The average Bonchev–Trinajstić information content (AvgIpc) is 2.55. The van der Waals surface area contributed by atoms with Crippen LogP contribution in [0.4, 0.5) is 5.69 Å². The molecule has 23 heavy (non-hydrogen) atoms. The summed E-state index contributed by atoms with van der Waals surface area (Å²) in [6, 6.07) is 6.65. The summed E-state index contributed by atoms with van der Waals surface area (Å²) in [6.07, 6.45) is 4.61. The largest absolute Gasteiger partial charge is 0.482 e. The molecule has 0 aliphatic heterocycles. The third-order valence-electron chi connectivity index (χ3n) is 3.97. The molecule has 2 rings (SSSR count). The number of rotatable bonds is 7. The quantitative estimate of drug-likeness (QED) is 0.806. The molecular formula is C17H23NO5. The highest BCUT2D eigenvalue weighted by Gasteiger charge is 2.40. The first-order valence-electron chi connectivity index (χ1n) is 7.96. The molecule has 1 fully saturated rings. The summed E-state index contributed by atoms with van der Waals surface area (Å²) < 4.78 is 10.9. The molecule has 0 atom stereocenters. The number of carboxylic acids is 1. The lowest BCUT2D eigenvalue weighted by atomic mass is 9.83. The van der Waals surface area contributed by atoms with Crippen LogP contribution in [0, 0.1) is 0 Å². The van der Waals surface area contributed by atoms with Gasteiger partial charge in [0, 0.05) is 12.3 Å². The first kappa shape index (κ1) is 17.3. The maximum absolute atomic E-state index is 12.6. The highest BCUT2D eigenvalue weighted by Crippen LogP contribution is 2.33. The molecule has 0 aromatic heterocycles. The van der Waals surface area contributed by atoms with Gasteiger partial charge in [0.15, 0.2) is 6.61 Å². The smallest absolute Gasteiger partial charge is 0.341 e. The molecule has 1 saturated carbocycles. The van der Waals surface area contributed by atoms with Crippen molar-refractivity contribution >= 4 is 17.6 Å². The molecule has 0 saturated heterocycles. The predicted molar refractivity (Wildman–Crippen MR) is 85.6 cm³/mol. The van der Waals surface area contributed by atoms with Gasteiger partial charge in [0.25, 0.3) is 5.91 Å². The lowest BCUT2D eigenvalue weighted by Crippen LogP contribution is -2.47. The van der Waals surface area contributed by atoms with E-state index in [1.54, 1.807) is 24.3 Å². The molecular weight excluding hydrogens is 298 g/mol. The van der Waals surface area contributed by atoms with Crippen LogP contribution in [-0.4, -0.2) is 35.8 Å². The number of ether oxygens (including phenoxy) is 2. The SMILES string of the molecule is CCOC1(C(=O)Nc2ccc(OCC(=O)O)cc2)CCCCC1. The zero-order chi connectivity index (χ0) is 16.7. The van der Waals surface area contributed by atoms with Crippen molar-refractivity contribution in [3.63, 3.8) is 0 Å². The number of carbonyl (C=O) groups excluding carboxylic acids is 1. The van der Waals surface area contributed by atoms with Crippen LogP contribution in [0.25, 0.3) is 0 Å². The second-order valence-corrected chi connectivity index (χ2v) is 5.65. The first-order chi connectivity index (χ1) is 11.1. The standard InChI is InChI=1S/C17H23NO5/c1-2-23-17(10-4-3-5-11-17)16(21)18-13-6-8-14(9-7-13)22-12-15(19)20/h6-9H,2-5,10-12H2,1H3,(H,18,21)(H,19,20). The van der Waals surface area contributed by atoms with Crippen LogP contribution in [0.3, 0.4) is 0 Å². The van der Waals surface area contributed by atoms with Crippen LogP contribution in [0.1, 0.15) is 39.0 Å². The van der Waals surface area contributed by atoms with Gasteiger partial charge in [-0.2, -0.15) is 0 Å². The number of hydrogen-bond donors (Lipinski definition) is 2. The van der Waals surface area contributed by atoms with Gasteiger partial charge in [-0.25, -0.2) is 4.79 Å². The van der Waals surface area contributed by atoms with Crippen molar-refractivity contribution in [1.29, 1.82) is 0 Å². The Labute approximate surface area is 135 Å². The van der Waals surface area contributed by atoms with Crippen molar-refractivity contribution in [1.82, 2.24) is 0 Å². The number of aliphatic carboxylic acids is 1. The molecule has 0 unspecified atom stereocenters. The fourth-order valence-electron chi connectivity index (χ4n) is 2.86. The van der Waals surface area contributed by atoms with Gasteiger partial charge in [0.05, 0.1) is 0 Å². The minimum absolute atomic E-state index is 0.113. The Balaban J connectivity index is 1.99. The summed E-state index contributed by atoms with van der Waals surface area (Å²) in [5.74, 6) is -0.695. The van der Waals surface area contributed by atoms with Crippen molar-refractivity contribution in [2.24, 2.45) is 0 Å². The third kappa shape index (κ3) is 4.69. The molecule has 0 radical (unpaired) electrons. The average molecular weight is 321 g/mol. The maximum Gasteiger partial charge on any atom is 0.341 e. The van der Waals surface area contributed by atoms with Crippen LogP contribution in [0.2, 0.25) is 0 Å². The van der Waals surface area contributed by atoms with Crippen molar-refractivity contribution in [3.05, 3.63) is 24.3 Å². The molecule has 2 N–H and O–H groups in total. The maximum atomic E-state index is 12.6. The summed E-state index contributed by atoms with van der Waals surface area (Å²) in [5, 5.41) is 11.5. The van der Waals surface area contributed by atoms with E-state index in [9.17, 15) is 9.59 Å². The summed E-state index contributed by atoms with van der Waals surface area (Å²) in [5.41, 5.74) is -0.0896. The highest BCUT2D eigenvalue weighted by atomic mass is 16.5. The van der Waals surface area contributed by atoms with Crippen molar-refractivity contribution < 1.29 is 24.2 Å². The molecule has 1 aliphatic carbocycles. The van der Waals surface area contributed by atoms with Gasteiger partial charge < -0.3 is 19.9 Å². The number of anilines is 1. The summed E-state index contributed by atoms with van der Waals surface area (Å²) in [4.78, 5) is 23.1. The van der Waals surface area contributed by atoms with E-state index in [0.29, 0.717) is 18.0 Å². The van der Waals surface area contributed by atoms with Gasteiger partial charge >= 0.3 is 5.97 Å². The number of carbonyl (C=O) groups is 2. The molecule has 1 aromatic carbocycles. The highest BCUT2D eigenvalue weighted by molar-refractivity contribution is 5.97. The predicted octanol–water partition coefficient (Wildman–Crippen LogP) is 2.83. The number of benzene rings is 1. The van der Waals surface area contributed by atoms with Gasteiger partial charge in [-0.15, -0.1) is 0 Å². The lowest BCUT2D eigenvalue weighted by molar-refractivity contribution is -0.145. The van der Waals surface area contributed by atoms with Crippen molar-refractivity contribution in [3.8, 4) is 5.75 Å². The van der Waals surface area contributed by atoms with E-state index in [1.165, 1.54) is 0 Å². The molecule has 126 valence electrons. The Kier molecular flexibility index (Phi) is 5.98. The number of hydrogen-bond acceptors (Lipinski definition) is 4. The first-order valence-corrected chi connectivity index (χ1v) is 7.96. The zero-order valence-electron chi connectivity index (χ0n) is 13.3. The summed E-state index contributed by atoms with van der Waals surface area (Å²) in [6.45, 7) is 2.02. The van der Waals surface area contributed by atoms with Crippen LogP contribution in [-0.2, 0) is 14.3 Å². The number of carboxylic acid groups (broad SMARTS) is 1. The Morgan fingerprint density at radius 3 is 2.39 bits per heavy atom. The molecule has 6 heteroatoms. The van der Waals surface area contributed by atoms with Gasteiger partial charge in [0.1, 0.15) is 11.4 Å². The van der Waals surface area contributed by atoms with Crippen molar-refractivity contribution in [2.75, 3.05) is 18.5 Å². The third-order valence-corrected chi connectivity index (χ3v) is 3.97. The summed E-state index contributed by atoms with van der Waals surface area (Å²) >= 11 is 0. The summed E-state index contributed by atoms with van der Waals surface area (Å²) in [7, 11) is 0. The van der Waals surface area contributed by atoms with E-state index >= 15 is 0 Å². The van der Waals surface area contributed by atoms with E-state index in [1.807, 2.05) is 6.92 Å². The van der Waals surface area contributed by atoms with Crippen LogP contribution < -0.4 is 10.1 Å². The number of nitrogens with one attached hydrogen (secondary N) is 1. The molecule has 1 aliphatic rings. The molecule has 6 nitrogen and oxygen atoms in total. The topological polar surface area (TPSA) is 84.9 Å². The van der Waals surface area contributed by atoms with E-state index in [-0.39, 0.29) is 12.5 Å². The monoisotopic (exact) mass is 321 g/mol. The normalized spacial score (nSPS) is 16.6. The van der Waals surface area contributed by atoms with E-state index < -0.39 is 11.6 Å². The van der Waals surface area contributed by atoms with Gasteiger partial charge in [0.2, 0.25) is 0 Å². The van der Waals surface area contributed by atoms with Crippen molar-refractivity contribution in [2.45, 2.75) is 44.6 Å². The minimum Gasteiger partial charge on any atom is -0.482 e. The lowest BCUT2D eigenvalue weighted by Gasteiger charge is -2.35. The number of amides is 1. The minimum atomic E-state index is -1.03. The van der Waals surface area contributed by atoms with E-state index in [4.69, 9.17) is 14.6 Å². The molecule has 0 spiro atoms. The molecule has 0 bridgehead atoms.